The van der Waals surface area contributed by atoms with E-state index in [0.717, 1.165) is 0 Å². The predicted octanol–water partition coefficient (Wildman–Crippen LogP) is 0.526. The molecule has 0 aliphatic rings. The number of nitrogens with zero attached hydrogens (tertiary/aromatic N) is 3. The van der Waals surface area contributed by atoms with Crippen LogP contribution in [0.15, 0.2) is 12.4 Å². The molecular weight excluding hydrogens is 154 g/mol. The third kappa shape index (κ3) is 2.07. The van der Waals surface area contributed by atoms with Crippen molar-refractivity contribution in [3.63, 3.8) is 0 Å². The molecule has 0 amide bonds. The van der Waals surface area contributed by atoms with Gasteiger partial charge in [0.05, 0.1) is 12.1 Å². The molecule has 0 atom stereocenters. The van der Waals surface area contributed by atoms with Crippen LogP contribution in [0.3, 0.4) is 0 Å². The van der Waals surface area contributed by atoms with E-state index < -0.39 is 5.60 Å². The van der Waals surface area contributed by atoms with Crippen molar-refractivity contribution in [1.82, 2.24) is 9.55 Å². The van der Waals surface area contributed by atoms with Crippen molar-refractivity contribution in [3.8, 4) is 6.07 Å². The summed E-state index contributed by atoms with van der Waals surface area (Å²) < 4.78 is 1.62. The zero-order chi connectivity index (χ0) is 9.19. The van der Waals surface area contributed by atoms with Crippen LogP contribution in [-0.4, -0.2) is 20.3 Å². The van der Waals surface area contributed by atoms with E-state index in [1.165, 1.54) is 0 Å². The lowest BCUT2D eigenvalue weighted by molar-refractivity contribution is 0.0612. The average Bonchev–Trinajstić information content (AvgIpc) is 2.31. The van der Waals surface area contributed by atoms with Crippen molar-refractivity contribution in [1.29, 1.82) is 5.26 Å². The van der Waals surface area contributed by atoms with E-state index in [-0.39, 0.29) is 0 Å². The molecule has 0 radical (unpaired) electrons. The Morgan fingerprint density at radius 1 is 1.75 bits per heavy atom. The Labute approximate surface area is 71.1 Å². The molecule has 0 bridgehead atoms. The van der Waals surface area contributed by atoms with Gasteiger partial charge in [-0.1, -0.05) is 0 Å². The highest BCUT2D eigenvalue weighted by Gasteiger charge is 2.14. The van der Waals surface area contributed by atoms with Crippen molar-refractivity contribution < 1.29 is 5.11 Å². The second-order valence-electron chi connectivity index (χ2n) is 3.30. The molecular formula is C8H11N3O. The molecule has 4 heteroatoms. The van der Waals surface area contributed by atoms with Crippen LogP contribution in [0.4, 0.5) is 0 Å². The fraction of sp³-hybridized carbons (Fsp3) is 0.500. The van der Waals surface area contributed by atoms with E-state index in [9.17, 15) is 5.11 Å². The van der Waals surface area contributed by atoms with Gasteiger partial charge in [-0.05, 0) is 13.8 Å². The number of rotatable bonds is 2. The molecule has 0 saturated heterocycles. The fourth-order valence-electron chi connectivity index (χ4n) is 0.967. The van der Waals surface area contributed by atoms with Gasteiger partial charge in [0.2, 0.25) is 5.82 Å². The summed E-state index contributed by atoms with van der Waals surface area (Å²) in [5.41, 5.74) is -0.813. The van der Waals surface area contributed by atoms with Crippen LogP contribution in [0.2, 0.25) is 0 Å². The number of imidazole rings is 1. The van der Waals surface area contributed by atoms with Gasteiger partial charge in [-0.15, -0.1) is 0 Å². The van der Waals surface area contributed by atoms with Gasteiger partial charge in [0.15, 0.2) is 0 Å². The summed E-state index contributed by atoms with van der Waals surface area (Å²) in [5.74, 6) is 0.331. The first-order chi connectivity index (χ1) is 5.53. The first-order valence-corrected chi connectivity index (χ1v) is 3.66. The largest absolute Gasteiger partial charge is 0.389 e. The molecule has 1 aromatic rings. The highest BCUT2D eigenvalue weighted by Crippen LogP contribution is 2.07. The molecule has 0 fully saturated rings. The first-order valence-electron chi connectivity index (χ1n) is 3.66. The van der Waals surface area contributed by atoms with Crippen LogP contribution in [0, 0.1) is 11.3 Å². The Morgan fingerprint density at radius 2 is 2.42 bits per heavy atom. The maximum absolute atomic E-state index is 9.45. The van der Waals surface area contributed by atoms with Gasteiger partial charge in [-0.25, -0.2) is 4.98 Å². The lowest BCUT2D eigenvalue weighted by Crippen LogP contribution is -2.26. The van der Waals surface area contributed by atoms with Crippen LogP contribution in [0.1, 0.15) is 19.7 Å². The molecule has 1 N–H and O–H groups in total. The Bertz CT molecular complexity index is 303. The Morgan fingerprint density at radius 3 is 2.92 bits per heavy atom. The lowest BCUT2D eigenvalue weighted by Gasteiger charge is -2.17. The molecule has 0 aromatic carbocycles. The maximum atomic E-state index is 9.45. The minimum atomic E-state index is -0.813. The Balaban J connectivity index is 2.84. The van der Waals surface area contributed by atoms with E-state index in [2.05, 4.69) is 4.98 Å². The molecule has 1 heterocycles. The molecule has 1 aromatic heterocycles. The van der Waals surface area contributed by atoms with Crippen molar-refractivity contribution in [2.24, 2.45) is 0 Å². The zero-order valence-corrected chi connectivity index (χ0v) is 7.15. The van der Waals surface area contributed by atoms with Gasteiger partial charge in [0.1, 0.15) is 6.07 Å². The molecule has 0 spiro atoms. The van der Waals surface area contributed by atoms with E-state index >= 15 is 0 Å². The number of aliphatic hydroxyl groups is 1. The Kier molecular flexibility index (Phi) is 2.15. The summed E-state index contributed by atoms with van der Waals surface area (Å²) in [6.07, 6.45) is 3.22. The van der Waals surface area contributed by atoms with Gasteiger partial charge in [0.25, 0.3) is 0 Å². The molecule has 4 nitrogen and oxygen atoms in total. The topological polar surface area (TPSA) is 61.8 Å². The third-order valence-corrected chi connectivity index (χ3v) is 1.37. The summed E-state index contributed by atoms with van der Waals surface area (Å²) in [5, 5.41) is 18.0. The minimum absolute atomic E-state index is 0.331. The average molecular weight is 165 g/mol. The van der Waals surface area contributed by atoms with Gasteiger partial charge in [-0.2, -0.15) is 5.26 Å². The summed E-state index contributed by atoms with van der Waals surface area (Å²) in [6, 6.07) is 1.94. The molecule has 0 unspecified atom stereocenters. The van der Waals surface area contributed by atoms with Gasteiger partial charge in [-0.3, -0.25) is 0 Å². The number of hydrogen-bond donors (Lipinski definition) is 1. The SMILES string of the molecule is CC(C)(O)Cn1ccnc1C#N. The number of nitriles is 1. The van der Waals surface area contributed by atoms with E-state index in [0.29, 0.717) is 12.4 Å². The second kappa shape index (κ2) is 2.95. The Hall–Kier alpha value is -1.34. The van der Waals surface area contributed by atoms with Crippen molar-refractivity contribution in [3.05, 3.63) is 18.2 Å². The number of hydrogen-bond acceptors (Lipinski definition) is 3. The van der Waals surface area contributed by atoms with E-state index in [4.69, 9.17) is 5.26 Å². The smallest absolute Gasteiger partial charge is 0.212 e. The summed E-state index contributed by atoms with van der Waals surface area (Å²) in [6.45, 7) is 3.76. The normalized spacial score (nSPS) is 11.2. The first kappa shape index (κ1) is 8.75. The van der Waals surface area contributed by atoms with Crippen LogP contribution in [-0.2, 0) is 6.54 Å². The van der Waals surface area contributed by atoms with Crippen LogP contribution in [0.25, 0.3) is 0 Å². The standard InChI is InChI=1S/C8H11N3O/c1-8(2,12)6-11-4-3-10-7(11)5-9/h3-4,12H,6H2,1-2H3. The molecule has 12 heavy (non-hydrogen) atoms. The zero-order valence-electron chi connectivity index (χ0n) is 7.15. The fourth-order valence-corrected chi connectivity index (χ4v) is 0.967. The van der Waals surface area contributed by atoms with Crippen molar-refractivity contribution in [2.45, 2.75) is 26.0 Å². The molecule has 1 rings (SSSR count). The van der Waals surface area contributed by atoms with Crippen LogP contribution >= 0.6 is 0 Å². The number of aromatic nitrogens is 2. The maximum Gasteiger partial charge on any atom is 0.212 e. The van der Waals surface area contributed by atoms with Crippen molar-refractivity contribution in [2.75, 3.05) is 0 Å². The monoisotopic (exact) mass is 165 g/mol. The molecule has 64 valence electrons. The minimum Gasteiger partial charge on any atom is -0.389 e. The van der Waals surface area contributed by atoms with E-state index in [1.54, 1.807) is 30.8 Å². The lowest BCUT2D eigenvalue weighted by atomic mass is 10.1. The highest BCUT2D eigenvalue weighted by molar-refractivity contribution is 5.11. The second-order valence-corrected chi connectivity index (χ2v) is 3.30. The van der Waals surface area contributed by atoms with Gasteiger partial charge in [0, 0.05) is 12.4 Å². The third-order valence-electron chi connectivity index (χ3n) is 1.37. The van der Waals surface area contributed by atoms with Crippen LogP contribution in [0.5, 0.6) is 0 Å². The van der Waals surface area contributed by atoms with Crippen molar-refractivity contribution >= 4 is 0 Å². The summed E-state index contributed by atoms with van der Waals surface area (Å²) >= 11 is 0. The van der Waals surface area contributed by atoms with E-state index in [1.807, 2.05) is 6.07 Å². The van der Waals surface area contributed by atoms with Gasteiger partial charge < -0.3 is 9.67 Å². The molecule has 0 saturated carbocycles. The van der Waals surface area contributed by atoms with Gasteiger partial charge >= 0.3 is 0 Å². The molecule has 0 aliphatic heterocycles. The summed E-state index contributed by atoms with van der Waals surface area (Å²) in [7, 11) is 0. The quantitative estimate of drug-likeness (QED) is 0.695. The summed E-state index contributed by atoms with van der Waals surface area (Å²) in [4.78, 5) is 3.81. The molecule has 0 aliphatic carbocycles. The predicted molar refractivity (Wildman–Crippen MR) is 43.2 cm³/mol. The van der Waals surface area contributed by atoms with Crippen LogP contribution < -0.4 is 0 Å². The highest BCUT2D eigenvalue weighted by atomic mass is 16.3.